The Morgan fingerprint density at radius 1 is 1.82 bits per heavy atom. The van der Waals surface area contributed by atoms with Crippen molar-refractivity contribution in [2.45, 2.75) is 13.0 Å². The van der Waals surface area contributed by atoms with E-state index in [4.69, 9.17) is 10.8 Å². The van der Waals surface area contributed by atoms with Crippen LogP contribution in [0, 0.1) is 0 Å². The van der Waals surface area contributed by atoms with Crippen molar-refractivity contribution >= 4 is 17.2 Å². The van der Waals surface area contributed by atoms with Gasteiger partial charge < -0.3 is 10.8 Å². The minimum absolute atomic E-state index is 0.0880. The predicted octanol–water partition coefficient (Wildman–Crippen LogP) is -0.337. The van der Waals surface area contributed by atoms with Crippen LogP contribution in [0.4, 0.5) is 0 Å². The quantitative estimate of drug-likeness (QED) is 0.655. The number of thiazole rings is 1. The average molecular weight is 172 g/mol. The van der Waals surface area contributed by atoms with Gasteiger partial charge >= 0.3 is 0 Å². The van der Waals surface area contributed by atoms with Gasteiger partial charge in [0, 0.05) is 5.38 Å². The van der Waals surface area contributed by atoms with Gasteiger partial charge in [0.15, 0.2) is 0 Å². The number of carbonyl (C=O) groups excluding carboxylic acids is 1. The molecule has 0 aliphatic heterocycles. The molecule has 60 valence electrons. The molecule has 0 aliphatic carbocycles. The second-order valence-corrected chi connectivity index (χ2v) is 2.98. The fraction of sp³-hybridized carbons (Fsp3) is 0.333. The molecule has 1 amide bonds. The van der Waals surface area contributed by atoms with Gasteiger partial charge in [-0.1, -0.05) is 0 Å². The minimum atomic E-state index is -0.399. The lowest BCUT2D eigenvalue weighted by molar-refractivity contribution is -0.117. The van der Waals surface area contributed by atoms with Crippen LogP contribution in [-0.4, -0.2) is 16.0 Å². The van der Waals surface area contributed by atoms with E-state index >= 15 is 0 Å². The fourth-order valence-electron chi connectivity index (χ4n) is 0.652. The maximum atomic E-state index is 10.4. The summed E-state index contributed by atoms with van der Waals surface area (Å²) in [6.07, 6.45) is 0.157. The Labute approximate surface area is 67.7 Å². The van der Waals surface area contributed by atoms with E-state index in [2.05, 4.69) is 4.98 Å². The average Bonchev–Trinajstić information content (AvgIpc) is 2.34. The number of rotatable bonds is 3. The van der Waals surface area contributed by atoms with Gasteiger partial charge in [-0.15, -0.1) is 11.3 Å². The standard InChI is InChI=1S/C6H8N2O2S/c7-5(10)1-6-8-4(2-9)3-11-6/h3,9H,1-2H2,(H2,7,10). The van der Waals surface area contributed by atoms with E-state index in [1.807, 2.05) is 0 Å². The van der Waals surface area contributed by atoms with Gasteiger partial charge in [0.1, 0.15) is 5.01 Å². The number of hydrogen-bond acceptors (Lipinski definition) is 4. The molecule has 0 atom stereocenters. The van der Waals surface area contributed by atoms with Crippen molar-refractivity contribution in [1.29, 1.82) is 0 Å². The summed E-state index contributed by atoms with van der Waals surface area (Å²) in [6, 6.07) is 0. The molecular formula is C6H8N2O2S. The smallest absolute Gasteiger partial charge is 0.224 e. The lowest BCUT2D eigenvalue weighted by Gasteiger charge is -1.87. The molecule has 0 fully saturated rings. The molecule has 0 saturated carbocycles. The first kappa shape index (κ1) is 8.16. The molecule has 0 bridgehead atoms. The normalized spacial score (nSPS) is 9.91. The summed E-state index contributed by atoms with van der Waals surface area (Å²) in [5.74, 6) is -0.399. The third-order valence-corrected chi connectivity index (χ3v) is 1.98. The molecule has 5 heteroatoms. The van der Waals surface area contributed by atoms with Crippen molar-refractivity contribution in [3.8, 4) is 0 Å². The summed E-state index contributed by atoms with van der Waals surface area (Å²) >= 11 is 1.33. The van der Waals surface area contributed by atoms with Gasteiger partial charge in [-0.05, 0) is 0 Å². The molecular weight excluding hydrogens is 164 g/mol. The van der Waals surface area contributed by atoms with Crippen LogP contribution in [0.2, 0.25) is 0 Å². The summed E-state index contributed by atoms with van der Waals surface area (Å²) in [5, 5.41) is 11.0. The molecule has 3 N–H and O–H groups in total. The third kappa shape index (κ3) is 2.28. The maximum Gasteiger partial charge on any atom is 0.224 e. The van der Waals surface area contributed by atoms with Gasteiger partial charge in [0.05, 0.1) is 18.7 Å². The van der Waals surface area contributed by atoms with Crippen molar-refractivity contribution in [2.24, 2.45) is 5.73 Å². The zero-order valence-corrected chi connectivity index (χ0v) is 6.60. The summed E-state index contributed by atoms with van der Waals surface area (Å²) < 4.78 is 0. The van der Waals surface area contributed by atoms with Crippen LogP contribution in [0.3, 0.4) is 0 Å². The molecule has 1 aromatic heterocycles. The second-order valence-electron chi connectivity index (χ2n) is 2.03. The van der Waals surface area contributed by atoms with Crippen molar-refractivity contribution in [3.63, 3.8) is 0 Å². The Hall–Kier alpha value is -0.940. The lowest BCUT2D eigenvalue weighted by Crippen LogP contribution is -2.13. The van der Waals surface area contributed by atoms with Crippen molar-refractivity contribution in [2.75, 3.05) is 0 Å². The topological polar surface area (TPSA) is 76.2 Å². The van der Waals surface area contributed by atoms with E-state index < -0.39 is 5.91 Å². The maximum absolute atomic E-state index is 10.4. The Morgan fingerprint density at radius 3 is 3.00 bits per heavy atom. The SMILES string of the molecule is NC(=O)Cc1nc(CO)cs1. The first-order valence-corrected chi connectivity index (χ1v) is 3.93. The van der Waals surface area contributed by atoms with Crippen molar-refractivity contribution < 1.29 is 9.90 Å². The summed E-state index contributed by atoms with van der Waals surface area (Å²) in [5.41, 5.74) is 5.53. The second kappa shape index (κ2) is 3.45. The van der Waals surface area contributed by atoms with Crippen LogP contribution in [-0.2, 0) is 17.8 Å². The number of primary amides is 1. The Morgan fingerprint density at radius 2 is 2.55 bits per heavy atom. The van der Waals surface area contributed by atoms with Gasteiger partial charge in [0.25, 0.3) is 0 Å². The number of hydrogen-bond donors (Lipinski definition) is 2. The fourth-order valence-corrected chi connectivity index (χ4v) is 1.45. The van der Waals surface area contributed by atoms with E-state index in [-0.39, 0.29) is 13.0 Å². The molecule has 0 saturated heterocycles. The molecule has 0 aliphatic rings. The number of aromatic nitrogens is 1. The number of nitrogens with zero attached hydrogens (tertiary/aromatic N) is 1. The largest absolute Gasteiger partial charge is 0.390 e. The van der Waals surface area contributed by atoms with Gasteiger partial charge in [-0.3, -0.25) is 4.79 Å². The van der Waals surface area contributed by atoms with Crippen LogP contribution < -0.4 is 5.73 Å². The molecule has 0 spiro atoms. The van der Waals surface area contributed by atoms with Gasteiger partial charge in [-0.2, -0.15) is 0 Å². The third-order valence-electron chi connectivity index (χ3n) is 1.09. The number of aliphatic hydroxyl groups excluding tert-OH is 1. The highest BCUT2D eigenvalue weighted by Crippen LogP contribution is 2.09. The lowest BCUT2D eigenvalue weighted by atomic mass is 10.4. The van der Waals surface area contributed by atoms with E-state index in [1.54, 1.807) is 5.38 Å². The Balaban J connectivity index is 2.65. The first-order valence-electron chi connectivity index (χ1n) is 3.05. The van der Waals surface area contributed by atoms with E-state index in [1.165, 1.54) is 11.3 Å². The zero-order valence-electron chi connectivity index (χ0n) is 5.78. The highest BCUT2D eigenvalue weighted by atomic mass is 32.1. The number of amides is 1. The van der Waals surface area contributed by atoms with Crippen LogP contribution in [0.5, 0.6) is 0 Å². The van der Waals surface area contributed by atoms with E-state index in [0.717, 1.165) is 0 Å². The highest BCUT2D eigenvalue weighted by molar-refractivity contribution is 7.09. The predicted molar refractivity (Wildman–Crippen MR) is 40.9 cm³/mol. The molecule has 1 heterocycles. The van der Waals surface area contributed by atoms with E-state index in [0.29, 0.717) is 10.7 Å². The zero-order chi connectivity index (χ0) is 8.27. The number of carbonyl (C=O) groups is 1. The summed E-state index contributed by atoms with van der Waals surface area (Å²) in [7, 11) is 0. The van der Waals surface area contributed by atoms with Crippen LogP contribution >= 0.6 is 11.3 Å². The monoisotopic (exact) mass is 172 g/mol. The molecule has 11 heavy (non-hydrogen) atoms. The first-order chi connectivity index (χ1) is 5.22. The summed E-state index contributed by atoms with van der Waals surface area (Å²) in [6.45, 7) is -0.0880. The Kier molecular flexibility index (Phi) is 2.56. The molecule has 0 aromatic carbocycles. The van der Waals surface area contributed by atoms with Crippen LogP contribution in [0.1, 0.15) is 10.7 Å². The highest BCUT2D eigenvalue weighted by Gasteiger charge is 2.03. The van der Waals surface area contributed by atoms with Gasteiger partial charge in [0.2, 0.25) is 5.91 Å². The molecule has 1 aromatic rings. The van der Waals surface area contributed by atoms with Crippen LogP contribution in [0.25, 0.3) is 0 Å². The molecule has 4 nitrogen and oxygen atoms in total. The van der Waals surface area contributed by atoms with Crippen LogP contribution in [0.15, 0.2) is 5.38 Å². The number of aliphatic hydroxyl groups is 1. The molecule has 0 unspecified atom stereocenters. The van der Waals surface area contributed by atoms with Crippen molar-refractivity contribution in [1.82, 2.24) is 4.98 Å². The molecule has 0 radical (unpaired) electrons. The molecule has 1 rings (SSSR count). The minimum Gasteiger partial charge on any atom is -0.390 e. The van der Waals surface area contributed by atoms with E-state index in [9.17, 15) is 4.79 Å². The number of nitrogens with two attached hydrogens (primary N) is 1. The Bertz CT molecular complexity index is 259. The van der Waals surface area contributed by atoms with Gasteiger partial charge in [-0.25, -0.2) is 4.98 Å². The van der Waals surface area contributed by atoms with Crippen molar-refractivity contribution in [3.05, 3.63) is 16.1 Å². The summed E-state index contributed by atoms with van der Waals surface area (Å²) in [4.78, 5) is 14.3.